The lowest BCUT2D eigenvalue weighted by molar-refractivity contribution is 0.0933. The van der Waals surface area contributed by atoms with E-state index in [0.29, 0.717) is 12.2 Å². The zero-order chi connectivity index (χ0) is 14.5. The van der Waals surface area contributed by atoms with E-state index in [1.54, 1.807) is 19.3 Å². The van der Waals surface area contributed by atoms with Crippen LogP contribution >= 0.6 is 0 Å². The summed E-state index contributed by atoms with van der Waals surface area (Å²) in [5.74, 6) is 0.0511. The minimum Gasteiger partial charge on any atom is -0.345 e. The molecule has 2 aromatic rings. The number of nitrogens with one attached hydrogen (secondary N) is 2. The highest BCUT2D eigenvalue weighted by molar-refractivity contribution is 5.93. The van der Waals surface area contributed by atoms with Crippen molar-refractivity contribution in [1.29, 1.82) is 0 Å². The molecule has 1 unspecified atom stereocenters. The number of hydrogen-bond donors (Lipinski definition) is 2. The fraction of sp³-hybridized carbons (Fsp3) is 0.286. The van der Waals surface area contributed by atoms with Crippen molar-refractivity contribution in [3.05, 3.63) is 58.0 Å². The molecule has 104 valence electrons. The molecule has 20 heavy (non-hydrogen) atoms. The molecule has 0 saturated carbocycles. The van der Waals surface area contributed by atoms with E-state index in [4.69, 9.17) is 0 Å². The van der Waals surface area contributed by atoms with Crippen molar-refractivity contribution in [1.82, 2.24) is 20.3 Å². The fourth-order valence-corrected chi connectivity index (χ4v) is 1.90. The van der Waals surface area contributed by atoms with Gasteiger partial charge in [-0.3, -0.25) is 14.6 Å². The lowest BCUT2D eigenvalue weighted by Crippen LogP contribution is -2.33. The normalized spacial score (nSPS) is 11.9. The van der Waals surface area contributed by atoms with Crippen LogP contribution in [0.4, 0.5) is 0 Å². The van der Waals surface area contributed by atoms with Crippen LogP contribution in [0.5, 0.6) is 0 Å². The van der Waals surface area contributed by atoms with Gasteiger partial charge in [0.25, 0.3) is 11.5 Å². The fourth-order valence-electron chi connectivity index (χ4n) is 1.90. The molecule has 0 spiro atoms. The van der Waals surface area contributed by atoms with Gasteiger partial charge < -0.3 is 10.3 Å². The second kappa shape index (κ2) is 6.10. The smallest absolute Gasteiger partial charge is 0.263 e. The van der Waals surface area contributed by atoms with E-state index in [0.717, 1.165) is 5.56 Å². The van der Waals surface area contributed by atoms with Crippen LogP contribution in [0.1, 0.15) is 41.1 Å². The lowest BCUT2D eigenvalue weighted by atomic mass is 10.1. The maximum Gasteiger partial charge on any atom is 0.263 e. The van der Waals surface area contributed by atoms with Crippen LogP contribution in [0.15, 0.2) is 35.5 Å². The molecular formula is C14H16N4O2. The number of hydrogen-bond acceptors (Lipinski definition) is 4. The van der Waals surface area contributed by atoms with Crippen molar-refractivity contribution in [3.63, 3.8) is 0 Å². The molecular weight excluding hydrogens is 256 g/mol. The third-order valence-electron chi connectivity index (χ3n) is 2.99. The molecule has 6 heteroatoms. The average Bonchev–Trinajstić information content (AvgIpc) is 2.45. The maximum absolute atomic E-state index is 12.1. The van der Waals surface area contributed by atoms with E-state index in [9.17, 15) is 9.59 Å². The predicted octanol–water partition coefficient (Wildman–Crippen LogP) is 1.35. The Morgan fingerprint density at radius 2 is 2.10 bits per heavy atom. The topological polar surface area (TPSA) is 87.7 Å². The first-order chi connectivity index (χ1) is 9.61. The molecule has 0 radical (unpaired) electrons. The maximum atomic E-state index is 12.1. The highest BCUT2D eigenvalue weighted by atomic mass is 16.2. The van der Waals surface area contributed by atoms with Crippen molar-refractivity contribution in [2.75, 3.05) is 0 Å². The van der Waals surface area contributed by atoms with Gasteiger partial charge in [0.05, 0.1) is 6.04 Å². The first-order valence-corrected chi connectivity index (χ1v) is 6.38. The zero-order valence-corrected chi connectivity index (χ0v) is 11.4. The van der Waals surface area contributed by atoms with Crippen molar-refractivity contribution >= 4 is 5.91 Å². The number of aromatic nitrogens is 3. The van der Waals surface area contributed by atoms with Crippen LogP contribution in [0.3, 0.4) is 0 Å². The van der Waals surface area contributed by atoms with Crippen LogP contribution in [-0.2, 0) is 0 Å². The Morgan fingerprint density at radius 1 is 1.40 bits per heavy atom. The van der Waals surface area contributed by atoms with Gasteiger partial charge in [-0.25, -0.2) is 4.98 Å². The quantitative estimate of drug-likeness (QED) is 0.879. The Balaban J connectivity index is 2.20. The molecule has 0 aliphatic carbocycles. The van der Waals surface area contributed by atoms with E-state index < -0.39 is 11.5 Å². The van der Waals surface area contributed by atoms with Crippen LogP contribution in [0.25, 0.3) is 0 Å². The number of carbonyl (C=O) groups excluding carboxylic acids is 1. The third kappa shape index (κ3) is 3.09. The highest BCUT2D eigenvalue weighted by Crippen LogP contribution is 2.15. The molecule has 1 atom stereocenters. The van der Waals surface area contributed by atoms with Gasteiger partial charge in [0.1, 0.15) is 11.4 Å². The second-order valence-electron chi connectivity index (χ2n) is 4.43. The van der Waals surface area contributed by atoms with Gasteiger partial charge in [-0.15, -0.1) is 0 Å². The Morgan fingerprint density at radius 3 is 2.70 bits per heavy atom. The first-order valence-electron chi connectivity index (χ1n) is 6.38. The summed E-state index contributed by atoms with van der Waals surface area (Å²) in [5, 5.41) is 2.83. The molecule has 2 aromatic heterocycles. The van der Waals surface area contributed by atoms with E-state index in [1.165, 1.54) is 6.20 Å². The molecule has 2 rings (SSSR count). The third-order valence-corrected chi connectivity index (χ3v) is 2.99. The molecule has 0 saturated heterocycles. The first kappa shape index (κ1) is 13.9. The molecule has 6 nitrogen and oxygen atoms in total. The Bertz CT molecular complexity index is 652. The van der Waals surface area contributed by atoms with E-state index in [2.05, 4.69) is 20.3 Å². The van der Waals surface area contributed by atoms with Crippen molar-refractivity contribution in [2.45, 2.75) is 26.3 Å². The van der Waals surface area contributed by atoms with Gasteiger partial charge >= 0.3 is 0 Å². The minimum atomic E-state index is -0.431. The number of H-pyrrole nitrogens is 1. The monoisotopic (exact) mass is 272 g/mol. The summed E-state index contributed by atoms with van der Waals surface area (Å²) in [6.07, 6.45) is 5.35. The number of pyridine rings is 1. The molecule has 1 amide bonds. The lowest BCUT2D eigenvalue weighted by Gasteiger charge is -2.16. The molecule has 0 fully saturated rings. The van der Waals surface area contributed by atoms with Crippen LogP contribution in [0.2, 0.25) is 0 Å². The van der Waals surface area contributed by atoms with Gasteiger partial charge in [-0.2, -0.15) is 0 Å². The number of amides is 1. The summed E-state index contributed by atoms with van der Waals surface area (Å²) >= 11 is 0. The SMILES string of the molecule is CCC(NC(=O)c1cnc(C)[nH]c1=O)c1ccncc1. The highest BCUT2D eigenvalue weighted by Gasteiger charge is 2.16. The van der Waals surface area contributed by atoms with E-state index >= 15 is 0 Å². The summed E-state index contributed by atoms with van der Waals surface area (Å²) in [5.41, 5.74) is 0.537. The van der Waals surface area contributed by atoms with Gasteiger partial charge in [0.2, 0.25) is 0 Å². The predicted molar refractivity (Wildman–Crippen MR) is 74.3 cm³/mol. The zero-order valence-electron chi connectivity index (χ0n) is 11.4. The largest absolute Gasteiger partial charge is 0.345 e. The minimum absolute atomic E-state index is 0.0168. The Hall–Kier alpha value is -2.50. The number of nitrogens with zero attached hydrogens (tertiary/aromatic N) is 2. The Labute approximate surface area is 116 Å². The van der Waals surface area contributed by atoms with Crippen LogP contribution < -0.4 is 10.9 Å². The van der Waals surface area contributed by atoms with Gasteiger partial charge in [-0.1, -0.05) is 6.92 Å². The second-order valence-corrected chi connectivity index (χ2v) is 4.43. The summed E-state index contributed by atoms with van der Waals surface area (Å²) < 4.78 is 0. The van der Waals surface area contributed by atoms with Crippen LogP contribution in [-0.4, -0.2) is 20.9 Å². The summed E-state index contributed by atoms with van der Waals surface area (Å²) in [6.45, 7) is 3.62. The van der Waals surface area contributed by atoms with Gasteiger partial charge in [0, 0.05) is 18.6 Å². The number of rotatable bonds is 4. The summed E-state index contributed by atoms with van der Waals surface area (Å²) in [4.78, 5) is 34.3. The van der Waals surface area contributed by atoms with Crippen molar-refractivity contribution in [2.24, 2.45) is 0 Å². The van der Waals surface area contributed by atoms with Crippen LogP contribution in [0, 0.1) is 6.92 Å². The molecule has 0 aliphatic rings. The molecule has 2 N–H and O–H groups in total. The molecule has 2 heterocycles. The van der Waals surface area contributed by atoms with Crippen molar-refractivity contribution < 1.29 is 4.79 Å². The van der Waals surface area contributed by atoms with Crippen molar-refractivity contribution in [3.8, 4) is 0 Å². The Kier molecular flexibility index (Phi) is 4.24. The summed E-state index contributed by atoms with van der Waals surface area (Å²) in [7, 11) is 0. The van der Waals surface area contributed by atoms with Gasteiger partial charge in [0.15, 0.2) is 0 Å². The number of aromatic amines is 1. The molecule has 0 aromatic carbocycles. The number of aryl methyl sites for hydroxylation is 1. The molecule has 0 bridgehead atoms. The number of carbonyl (C=O) groups is 1. The van der Waals surface area contributed by atoms with E-state index in [1.807, 2.05) is 19.1 Å². The summed E-state index contributed by atoms with van der Waals surface area (Å²) in [6, 6.07) is 3.52. The van der Waals surface area contributed by atoms with E-state index in [-0.39, 0.29) is 11.6 Å². The standard InChI is InChI=1S/C14H16N4O2/c1-3-12(10-4-6-15-7-5-10)18-14(20)11-8-16-9(2)17-13(11)19/h4-8,12H,3H2,1-2H3,(H,18,20)(H,16,17,19). The molecule has 0 aliphatic heterocycles. The van der Waals surface area contributed by atoms with Gasteiger partial charge in [-0.05, 0) is 31.0 Å². The average molecular weight is 272 g/mol.